The maximum atomic E-state index is 12.1. The van der Waals surface area contributed by atoms with E-state index in [0.717, 1.165) is 0 Å². The Morgan fingerprint density at radius 1 is 1.19 bits per heavy atom. The van der Waals surface area contributed by atoms with Crippen molar-refractivity contribution in [2.75, 3.05) is 5.32 Å². The summed E-state index contributed by atoms with van der Waals surface area (Å²) in [7, 11) is 0. The van der Waals surface area contributed by atoms with Crippen molar-refractivity contribution >= 4 is 40.8 Å². The summed E-state index contributed by atoms with van der Waals surface area (Å²) in [4.78, 5) is 27.0. The molecule has 0 aliphatic rings. The predicted octanol–water partition coefficient (Wildman–Crippen LogP) is 3.65. The summed E-state index contributed by atoms with van der Waals surface area (Å²) in [6.45, 7) is 1.62. The van der Waals surface area contributed by atoms with Gasteiger partial charge in [0.25, 0.3) is 5.91 Å². The van der Waals surface area contributed by atoms with Gasteiger partial charge in [0.05, 0.1) is 5.56 Å². The minimum Gasteiger partial charge on any atom is -0.478 e. The predicted molar refractivity (Wildman–Crippen MR) is 80.3 cm³/mol. The Hall–Kier alpha value is -2.11. The molecule has 7 heteroatoms. The number of hydrogen-bond donors (Lipinski definition) is 2. The Morgan fingerprint density at radius 2 is 1.81 bits per heavy atom. The van der Waals surface area contributed by atoms with Crippen LogP contribution in [-0.4, -0.2) is 22.0 Å². The lowest BCUT2D eigenvalue weighted by Gasteiger charge is -2.10. The maximum absolute atomic E-state index is 12.1. The molecule has 0 fully saturated rings. The van der Waals surface area contributed by atoms with Crippen LogP contribution in [0.1, 0.15) is 26.3 Å². The van der Waals surface area contributed by atoms with Gasteiger partial charge in [0.2, 0.25) is 0 Å². The second-order valence-corrected chi connectivity index (χ2v) is 5.01. The molecule has 2 N–H and O–H groups in total. The van der Waals surface area contributed by atoms with Crippen molar-refractivity contribution in [2.45, 2.75) is 6.92 Å². The number of aromatic nitrogens is 1. The zero-order valence-electron chi connectivity index (χ0n) is 10.9. The summed E-state index contributed by atoms with van der Waals surface area (Å²) >= 11 is 11.5. The average Bonchev–Trinajstić information content (AvgIpc) is 2.39. The summed E-state index contributed by atoms with van der Waals surface area (Å²) in [5.74, 6) is -1.51. The minimum atomic E-state index is -1.06. The monoisotopic (exact) mass is 324 g/mol. The Labute approximate surface area is 130 Å². The van der Waals surface area contributed by atoms with E-state index in [2.05, 4.69) is 10.3 Å². The fourth-order valence-electron chi connectivity index (χ4n) is 1.79. The number of amides is 1. The molecular formula is C14H10Cl2N2O3. The molecule has 0 unspecified atom stereocenters. The first kappa shape index (κ1) is 15.3. The second kappa shape index (κ2) is 6.11. The van der Waals surface area contributed by atoms with Gasteiger partial charge < -0.3 is 10.4 Å². The van der Waals surface area contributed by atoms with Gasteiger partial charge in [-0.1, -0.05) is 29.3 Å². The summed E-state index contributed by atoms with van der Waals surface area (Å²) in [6.07, 6.45) is 0. The zero-order chi connectivity index (χ0) is 15.6. The van der Waals surface area contributed by atoms with Crippen molar-refractivity contribution in [1.29, 1.82) is 0 Å². The maximum Gasteiger partial charge on any atom is 0.336 e. The third-order valence-electron chi connectivity index (χ3n) is 2.84. The SMILES string of the molecule is Cc1c(NC(=O)c2cc(Cl)nc(Cl)c2)cccc1C(=O)O. The molecule has 0 spiro atoms. The van der Waals surface area contributed by atoms with Crippen LogP contribution in [0.5, 0.6) is 0 Å². The number of nitrogens with zero attached hydrogens (tertiary/aromatic N) is 1. The number of benzene rings is 1. The largest absolute Gasteiger partial charge is 0.478 e. The average molecular weight is 325 g/mol. The highest BCUT2D eigenvalue weighted by atomic mass is 35.5. The molecule has 0 radical (unpaired) electrons. The van der Waals surface area contributed by atoms with Crippen LogP contribution in [0.25, 0.3) is 0 Å². The number of nitrogens with one attached hydrogen (secondary N) is 1. The molecule has 108 valence electrons. The van der Waals surface area contributed by atoms with Gasteiger partial charge in [-0.3, -0.25) is 4.79 Å². The van der Waals surface area contributed by atoms with E-state index in [0.29, 0.717) is 11.3 Å². The van der Waals surface area contributed by atoms with Crippen molar-refractivity contribution in [2.24, 2.45) is 0 Å². The lowest BCUT2D eigenvalue weighted by molar-refractivity contribution is 0.0695. The standard InChI is InChI=1S/C14H10Cl2N2O3/c1-7-9(14(20)21)3-2-4-10(7)17-13(19)8-5-11(15)18-12(16)6-8/h2-6H,1H3,(H,17,19)(H,20,21). The number of pyridine rings is 1. The van der Waals surface area contributed by atoms with Gasteiger partial charge in [-0.25, -0.2) is 9.78 Å². The molecule has 5 nitrogen and oxygen atoms in total. The number of carboxylic acids is 1. The van der Waals surface area contributed by atoms with Crippen molar-refractivity contribution in [3.8, 4) is 0 Å². The van der Waals surface area contributed by atoms with Crippen LogP contribution in [0.2, 0.25) is 10.3 Å². The highest BCUT2D eigenvalue weighted by Gasteiger charge is 2.14. The number of carbonyl (C=O) groups excluding carboxylic acids is 1. The van der Waals surface area contributed by atoms with Crippen LogP contribution in [0.15, 0.2) is 30.3 Å². The van der Waals surface area contributed by atoms with Crippen molar-refractivity contribution in [3.63, 3.8) is 0 Å². The zero-order valence-corrected chi connectivity index (χ0v) is 12.4. The first-order valence-electron chi connectivity index (χ1n) is 5.86. The third kappa shape index (κ3) is 3.51. The number of anilines is 1. The Balaban J connectivity index is 2.32. The van der Waals surface area contributed by atoms with E-state index in [4.69, 9.17) is 28.3 Å². The Bertz CT molecular complexity index is 712. The molecule has 0 saturated heterocycles. The van der Waals surface area contributed by atoms with E-state index in [-0.39, 0.29) is 21.4 Å². The lowest BCUT2D eigenvalue weighted by Crippen LogP contribution is -2.14. The van der Waals surface area contributed by atoms with Crippen molar-refractivity contribution in [1.82, 2.24) is 4.98 Å². The van der Waals surface area contributed by atoms with Crippen molar-refractivity contribution < 1.29 is 14.7 Å². The highest BCUT2D eigenvalue weighted by Crippen LogP contribution is 2.21. The summed E-state index contributed by atoms with van der Waals surface area (Å²) in [5, 5.41) is 11.9. The lowest BCUT2D eigenvalue weighted by atomic mass is 10.1. The van der Waals surface area contributed by atoms with Crippen LogP contribution >= 0.6 is 23.2 Å². The van der Waals surface area contributed by atoms with Crippen LogP contribution in [0.4, 0.5) is 5.69 Å². The van der Waals surface area contributed by atoms with Crippen LogP contribution in [-0.2, 0) is 0 Å². The number of carbonyl (C=O) groups is 2. The van der Waals surface area contributed by atoms with Gasteiger partial charge in [-0.05, 0) is 36.8 Å². The molecule has 1 aromatic heterocycles. The number of halogens is 2. The van der Waals surface area contributed by atoms with Gasteiger partial charge in [0, 0.05) is 11.3 Å². The van der Waals surface area contributed by atoms with Crippen LogP contribution in [0, 0.1) is 6.92 Å². The normalized spacial score (nSPS) is 10.2. The second-order valence-electron chi connectivity index (χ2n) is 4.24. The molecular weight excluding hydrogens is 315 g/mol. The third-order valence-corrected chi connectivity index (χ3v) is 3.22. The van der Waals surface area contributed by atoms with Crippen LogP contribution in [0.3, 0.4) is 0 Å². The molecule has 0 atom stereocenters. The fourth-order valence-corrected chi connectivity index (χ4v) is 2.25. The molecule has 0 aliphatic heterocycles. The molecule has 1 heterocycles. The Kier molecular flexibility index (Phi) is 4.45. The highest BCUT2D eigenvalue weighted by molar-refractivity contribution is 6.33. The number of carboxylic acid groups (broad SMARTS) is 1. The topological polar surface area (TPSA) is 79.3 Å². The molecule has 1 aromatic carbocycles. The molecule has 2 rings (SSSR count). The van der Waals surface area contributed by atoms with Gasteiger partial charge in [-0.2, -0.15) is 0 Å². The quantitative estimate of drug-likeness (QED) is 0.844. The van der Waals surface area contributed by atoms with E-state index >= 15 is 0 Å². The van der Waals surface area contributed by atoms with E-state index in [1.54, 1.807) is 19.1 Å². The van der Waals surface area contributed by atoms with Gasteiger partial charge in [-0.15, -0.1) is 0 Å². The van der Waals surface area contributed by atoms with Gasteiger partial charge in [0.15, 0.2) is 0 Å². The fraction of sp³-hybridized carbons (Fsp3) is 0.0714. The summed E-state index contributed by atoms with van der Waals surface area (Å²) in [5.41, 5.74) is 1.23. The molecule has 0 saturated carbocycles. The molecule has 0 aliphatic carbocycles. The molecule has 21 heavy (non-hydrogen) atoms. The Morgan fingerprint density at radius 3 is 2.38 bits per heavy atom. The van der Waals surface area contributed by atoms with Gasteiger partial charge in [0.1, 0.15) is 10.3 Å². The number of rotatable bonds is 3. The van der Waals surface area contributed by atoms with E-state index in [1.807, 2.05) is 0 Å². The number of hydrogen-bond acceptors (Lipinski definition) is 3. The van der Waals surface area contributed by atoms with E-state index in [9.17, 15) is 9.59 Å². The summed E-state index contributed by atoms with van der Waals surface area (Å²) < 4.78 is 0. The van der Waals surface area contributed by atoms with E-state index < -0.39 is 11.9 Å². The van der Waals surface area contributed by atoms with Gasteiger partial charge >= 0.3 is 5.97 Å². The van der Waals surface area contributed by atoms with Crippen LogP contribution < -0.4 is 5.32 Å². The van der Waals surface area contributed by atoms with E-state index in [1.165, 1.54) is 18.2 Å². The minimum absolute atomic E-state index is 0.101. The first-order valence-corrected chi connectivity index (χ1v) is 6.61. The molecule has 1 amide bonds. The summed E-state index contributed by atoms with van der Waals surface area (Å²) in [6, 6.07) is 7.38. The first-order chi connectivity index (χ1) is 9.88. The van der Waals surface area contributed by atoms with Crippen molar-refractivity contribution in [3.05, 3.63) is 57.3 Å². The molecule has 0 bridgehead atoms. The number of aromatic carboxylic acids is 1. The smallest absolute Gasteiger partial charge is 0.336 e. The molecule has 2 aromatic rings.